The molecule has 1 heterocycles. The van der Waals surface area contributed by atoms with Gasteiger partial charge in [0.1, 0.15) is 0 Å². The Hall–Kier alpha value is -1.87. The molecule has 1 fully saturated rings. The fraction of sp³-hybridized carbons (Fsp3) is 0.522. The fourth-order valence-electron chi connectivity index (χ4n) is 4.86. The minimum Gasteiger partial charge on any atom is -0.345 e. The van der Waals surface area contributed by atoms with Crippen molar-refractivity contribution < 1.29 is 4.79 Å². The lowest BCUT2D eigenvalue weighted by Crippen LogP contribution is -2.15. The number of rotatable bonds is 6. The van der Waals surface area contributed by atoms with Gasteiger partial charge in [0.15, 0.2) is 5.78 Å². The highest BCUT2D eigenvalue weighted by atomic mass is 16.1. The first-order chi connectivity index (χ1) is 12.6. The van der Waals surface area contributed by atoms with Crippen LogP contribution < -0.4 is 5.73 Å². The molecule has 2 N–H and O–H groups in total. The highest BCUT2D eigenvalue weighted by molar-refractivity contribution is 5.94. The van der Waals surface area contributed by atoms with E-state index in [4.69, 9.17) is 5.73 Å². The molecule has 0 radical (unpaired) electrons. The molecule has 2 aromatic rings. The van der Waals surface area contributed by atoms with E-state index in [2.05, 4.69) is 28.8 Å². The third-order valence-corrected chi connectivity index (χ3v) is 6.37. The lowest BCUT2D eigenvalue weighted by atomic mass is 10.0. The van der Waals surface area contributed by atoms with Crippen molar-refractivity contribution in [1.82, 2.24) is 4.57 Å². The van der Waals surface area contributed by atoms with Gasteiger partial charge in [0.25, 0.3) is 0 Å². The smallest absolute Gasteiger partial charge is 0.179 e. The van der Waals surface area contributed by atoms with Crippen molar-refractivity contribution in [2.75, 3.05) is 0 Å². The SMILES string of the molecule is Cn1c(C(=O)CCCc2ccc3c(c2)CCC3)ccc1[C@H]1CC[C@@H](N)C1. The lowest BCUT2D eigenvalue weighted by Gasteiger charge is -2.13. The van der Waals surface area contributed by atoms with Crippen LogP contribution in [0, 0.1) is 0 Å². The summed E-state index contributed by atoms with van der Waals surface area (Å²) in [5.41, 5.74) is 12.6. The summed E-state index contributed by atoms with van der Waals surface area (Å²) >= 11 is 0. The van der Waals surface area contributed by atoms with Gasteiger partial charge in [-0.2, -0.15) is 0 Å². The van der Waals surface area contributed by atoms with Crippen molar-refractivity contribution in [2.24, 2.45) is 12.8 Å². The van der Waals surface area contributed by atoms with E-state index in [1.807, 2.05) is 13.1 Å². The van der Waals surface area contributed by atoms with Gasteiger partial charge in [-0.3, -0.25) is 4.79 Å². The second-order valence-corrected chi connectivity index (χ2v) is 8.21. The van der Waals surface area contributed by atoms with E-state index < -0.39 is 0 Å². The van der Waals surface area contributed by atoms with E-state index in [1.54, 1.807) is 0 Å². The number of aromatic nitrogens is 1. The summed E-state index contributed by atoms with van der Waals surface area (Å²) in [6.07, 6.45) is 9.57. The molecule has 3 nitrogen and oxygen atoms in total. The standard InChI is InChI=1S/C23H30N2O/c1-25-21(19-10-11-20(24)15-19)12-13-22(25)23(26)7-2-4-16-8-9-17-5-3-6-18(17)14-16/h8-9,12-14,19-20H,2-7,10-11,15,24H2,1H3/t19-,20+/m0/s1. The molecule has 138 valence electrons. The summed E-state index contributed by atoms with van der Waals surface area (Å²) in [6.45, 7) is 0. The van der Waals surface area contributed by atoms with E-state index in [1.165, 1.54) is 41.6 Å². The number of ketones is 1. The van der Waals surface area contributed by atoms with Gasteiger partial charge in [-0.15, -0.1) is 0 Å². The summed E-state index contributed by atoms with van der Waals surface area (Å²) in [6, 6.07) is 11.4. The van der Waals surface area contributed by atoms with Gasteiger partial charge in [0.2, 0.25) is 0 Å². The van der Waals surface area contributed by atoms with E-state index in [-0.39, 0.29) is 5.78 Å². The normalized spacial score (nSPS) is 21.9. The summed E-state index contributed by atoms with van der Waals surface area (Å²) in [7, 11) is 2.03. The maximum Gasteiger partial charge on any atom is 0.179 e. The van der Waals surface area contributed by atoms with Crippen LogP contribution in [-0.4, -0.2) is 16.4 Å². The number of hydrogen-bond acceptors (Lipinski definition) is 2. The fourth-order valence-corrected chi connectivity index (χ4v) is 4.86. The number of carbonyl (C=O) groups is 1. The summed E-state index contributed by atoms with van der Waals surface area (Å²) in [5.74, 6) is 0.783. The average Bonchev–Trinajstić information content (AvgIpc) is 3.34. The second kappa shape index (κ2) is 7.40. The van der Waals surface area contributed by atoms with Crippen molar-refractivity contribution in [3.8, 4) is 0 Å². The Labute approximate surface area is 156 Å². The Morgan fingerprint density at radius 3 is 2.81 bits per heavy atom. The number of hydrogen-bond donors (Lipinski definition) is 1. The van der Waals surface area contributed by atoms with Crippen molar-refractivity contribution in [2.45, 2.75) is 69.7 Å². The highest BCUT2D eigenvalue weighted by Gasteiger charge is 2.26. The van der Waals surface area contributed by atoms with Crippen LogP contribution >= 0.6 is 0 Å². The van der Waals surface area contributed by atoms with Crippen molar-refractivity contribution in [3.63, 3.8) is 0 Å². The zero-order chi connectivity index (χ0) is 18.1. The molecule has 1 aromatic heterocycles. The monoisotopic (exact) mass is 350 g/mol. The second-order valence-electron chi connectivity index (χ2n) is 8.21. The predicted octanol–water partition coefficient (Wildman–Crippen LogP) is 4.31. The van der Waals surface area contributed by atoms with Crippen LogP contribution in [0.25, 0.3) is 0 Å². The molecule has 26 heavy (non-hydrogen) atoms. The predicted molar refractivity (Wildman–Crippen MR) is 106 cm³/mol. The zero-order valence-corrected chi connectivity index (χ0v) is 15.8. The first-order valence-electron chi connectivity index (χ1n) is 10.2. The topological polar surface area (TPSA) is 48.0 Å². The van der Waals surface area contributed by atoms with Crippen LogP contribution in [0.2, 0.25) is 0 Å². The van der Waals surface area contributed by atoms with Gasteiger partial charge >= 0.3 is 0 Å². The number of carbonyl (C=O) groups excluding carboxylic acids is 1. The van der Waals surface area contributed by atoms with Crippen LogP contribution in [0.3, 0.4) is 0 Å². The minimum absolute atomic E-state index is 0.266. The molecule has 1 saturated carbocycles. The Morgan fingerprint density at radius 2 is 2.00 bits per heavy atom. The molecule has 4 rings (SSSR count). The third kappa shape index (κ3) is 3.50. The maximum absolute atomic E-state index is 12.7. The van der Waals surface area contributed by atoms with Crippen LogP contribution in [0.1, 0.15) is 77.3 Å². The molecule has 2 aliphatic carbocycles. The van der Waals surface area contributed by atoms with Crippen LogP contribution in [0.5, 0.6) is 0 Å². The van der Waals surface area contributed by atoms with Crippen LogP contribution in [-0.2, 0) is 26.3 Å². The molecule has 1 aromatic carbocycles. The molecule has 0 amide bonds. The van der Waals surface area contributed by atoms with Gasteiger partial charge in [-0.1, -0.05) is 18.2 Å². The highest BCUT2D eigenvalue weighted by Crippen LogP contribution is 2.34. The zero-order valence-electron chi connectivity index (χ0n) is 15.8. The lowest BCUT2D eigenvalue weighted by molar-refractivity contribution is 0.0972. The molecule has 0 bridgehead atoms. The number of benzene rings is 1. The number of aryl methyl sites for hydroxylation is 3. The number of Topliss-reactive ketones (excluding diaryl/α,β-unsaturated/α-hetero) is 1. The summed E-state index contributed by atoms with van der Waals surface area (Å²) in [5, 5.41) is 0. The van der Waals surface area contributed by atoms with E-state index in [0.717, 1.165) is 37.8 Å². The number of fused-ring (bicyclic) bond motifs is 1. The molecule has 2 aliphatic rings. The van der Waals surface area contributed by atoms with Crippen molar-refractivity contribution in [3.05, 3.63) is 58.4 Å². The molecule has 0 unspecified atom stereocenters. The molecule has 0 aliphatic heterocycles. The molecular formula is C23H30N2O. The van der Waals surface area contributed by atoms with E-state index in [0.29, 0.717) is 18.4 Å². The Kier molecular flexibility index (Phi) is 4.99. The van der Waals surface area contributed by atoms with E-state index >= 15 is 0 Å². The first kappa shape index (κ1) is 17.5. The first-order valence-corrected chi connectivity index (χ1v) is 10.2. The quantitative estimate of drug-likeness (QED) is 0.789. The van der Waals surface area contributed by atoms with Crippen LogP contribution in [0.4, 0.5) is 0 Å². The summed E-state index contributed by atoms with van der Waals surface area (Å²) < 4.78 is 2.11. The van der Waals surface area contributed by atoms with Gasteiger partial charge in [-0.05, 0) is 80.2 Å². The largest absolute Gasteiger partial charge is 0.345 e. The van der Waals surface area contributed by atoms with Gasteiger partial charge in [0, 0.05) is 31.1 Å². The average molecular weight is 351 g/mol. The third-order valence-electron chi connectivity index (χ3n) is 6.37. The van der Waals surface area contributed by atoms with Crippen LogP contribution in [0.15, 0.2) is 30.3 Å². The molecular weight excluding hydrogens is 320 g/mol. The Morgan fingerprint density at radius 1 is 1.15 bits per heavy atom. The van der Waals surface area contributed by atoms with Crippen molar-refractivity contribution in [1.29, 1.82) is 0 Å². The van der Waals surface area contributed by atoms with Gasteiger partial charge in [0.05, 0.1) is 5.69 Å². The number of nitrogens with two attached hydrogens (primary N) is 1. The molecule has 2 atom stereocenters. The molecule has 0 saturated heterocycles. The Bertz CT molecular complexity index is 805. The maximum atomic E-state index is 12.7. The minimum atomic E-state index is 0.266. The molecule has 3 heteroatoms. The Balaban J connectivity index is 1.34. The van der Waals surface area contributed by atoms with Crippen molar-refractivity contribution >= 4 is 5.78 Å². The summed E-state index contributed by atoms with van der Waals surface area (Å²) in [4.78, 5) is 12.7. The molecule has 0 spiro atoms. The van der Waals surface area contributed by atoms with Gasteiger partial charge in [-0.25, -0.2) is 0 Å². The van der Waals surface area contributed by atoms with Gasteiger partial charge < -0.3 is 10.3 Å². The van der Waals surface area contributed by atoms with E-state index in [9.17, 15) is 4.79 Å². The number of nitrogens with zero attached hydrogens (tertiary/aromatic N) is 1.